The van der Waals surface area contributed by atoms with Crippen LogP contribution in [0.3, 0.4) is 0 Å². The van der Waals surface area contributed by atoms with Gasteiger partial charge in [0.2, 0.25) is 0 Å². The van der Waals surface area contributed by atoms with E-state index in [1.165, 1.54) is 5.56 Å². The highest BCUT2D eigenvalue weighted by Crippen LogP contribution is 2.42. The van der Waals surface area contributed by atoms with E-state index in [0.29, 0.717) is 13.1 Å². The molecule has 1 fully saturated rings. The Labute approximate surface area is 160 Å². The predicted molar refractivity (Wildman–Crippen MR) is 107 cm³/mol. The van der Waals surface area contributed by atoms with Crippen molar-refractivity contribution in [3.05, 3.63) is 48.0 Å². The van der Waals surface area contributed by atoms with Crippen molar-refractivity contribution in [2.75, 3.05) is 29.4 Å². The van der Waals surface area contributed by atoms with E-state index in [4.69, 9.17) is 9.84 Å². The number of carboxylic acid groups (broad SMARTS) is 1. The standard InChI is InChI=1S/C22H26N2O3/c1-4-15-8-9-19-20(10-15)27-22(2,3)14-24(19)18-7-5-6-17(11-18)23-12-16(13-23)21(25)26/h5-11,16H,4,12-14H2,1-3H3,(H,25,26). The number of fused-ring (bicyclic) bond motifs is 1. The highest BCUT2D eigenvalue weighted by molar-refractivity contribution is 5.77. The Kier molecular flexibility index (Phi) is 4.25. The fraction of sp³-hybridized carbons (Fsp3) is 0.409. The average Bonchev–Trinajstić information content (AvgIpc) is 2.58. The van der Waals surface area contributed by atoms with Gasteiger partial charge < -0.3 is 19.6 Å². The van der Waals surface area contributed by atoms with Crippen LogP contribution in [0.15, 0.2) is 42.5 Å². The quantitative estimate of drug-likeness (QED) is 0.884. The zero-order valence-corrected chi connectivity index (χ0v) is 16.1. The lowest BCUT2D eigenvalue weighted by Crippen LogP contribution is -2.50. The van der Waals surface area contributed by atoms with Crippen molar-refractivity contribution in [2.24, 2.45) is 5.92 Å². The van der Waals surface area contributed by atoms with E-state index in [1.807, 2.05) is 12.1 Å². The van der Waals surface area contributed by atoms with Crippen LogP contribution in [-0.2, 0) is 11.2 Å². The number of aryl methyl sites for hydroxylation is 1. The number of nitrogens with zero attached hydrogens (tertiary/aromatic N) is 2. The van der Waals surface area contributed by atoms with Gasteiger partial charge in [-0.2, -0.15) is 0 Å². The summed E-state index contributed by atoms with van der Waals surface area (Å²) in [6, 6.07) is 14.8. The molecule has 0 aliphatic carbocycles. The van der Waals surface area contributed by atoms with Crippen molar-refractivity contribution in [1.82, 2.24) is 0 Å². The number of ether oxygens (including phenoxy) is 1. The fourth-order valence-electron chi connectivity index (χ4n) is 3.81. The molecule has 1 saturated heterocycles. The zero-order chi connectivity index (χ0) is 19.2. The molecule has 4 rings (SSSR count). The first-order valence-electron chi connectivity index (χ1n) is 9.53. The lowest BCUT2D eigenvalue weighted by Gasteiger charge is -2.42. The van der Waals surface area contributed by atoms with Gasteiger partial charge >= 0.3 is 5.97 Å². The number of hydrogen-bond acceptors (Lipinski definition) is 4. The van der Waals surface area contributed by atoms with Crippen molar-refractivity contribution in [1.29, 1.82) is 0 Å². The maximum atomic E-state index is 11.1. The van der Waals surface area contributed by atoms with Gasteiger partial charge in [-0.25, -0.2) is 0 Å². The summed E-state index contributed by atoms with van der Waals surface area (Å²) in [4.78, 5) is 15.5. The van der Waals surface area contributed by atoms with Gasteiger partial charge in [-0.05, 0) is 56.2 Å². The molecule has 1 N–H and O–H groups in total. The third-order valence-electron chi connectivity index (χ3n) is 5.39. The molecule has 142 valence electrons. The largest absolute Gasteiger partial charge is 0.484 e. The molecule has 2 aliphatic rings. The number of rotatable bonds is 4. The molecule has 2 aromatic carbocycles. The van der Waals surface area contributed by atoms with Crippen LogP contribution in [-0.4, -0.2) is 36.3 Å². The van der Waals surface area contributed by atoms with Crippen LogP contribution >= 0.6 is 0 Å². The summed E-state index contributed by atoms with van der Waals surface area (Å²) in [6.07, 6.45) is 0.978. The highest BCUT2D eigenvalue weighted by Gasteiger charge is 2.35. The number of carboxylic acids is 1. The highest BCUT2D eigenvalue weighted by atomic mass is 16.5. The molecule has 27 heavy (non-hydrogen) atoms. The predicted octanol–water partition coefficient (Wildman–Crippen LogP) is 4.08. The number of hydrogen-bond donors (Lipinski definition) is 1. The third-order valence-corrected chi connectivity index (χ3v) is 5.39. The SMILES string of the molecule is CCc1ccc2c(c1)OC(C)(C)CN2c1cccc(N2CC(C(=O)O)C2)c1. The van der Waals surface area contributed by atoms with Gasteiger partial charge in [0.05, 0.1) is 18.2 Å². The molecule has 0 amide bonds. The summed E-state index contributed by atoms with van der Waals surface area (Å²) in [5.41, 5.74) is 4.23. The summed E-state index contributed by atoms with van der Waals surface area (Å²) >= 11 is 0. The molecule has 0 aromatic heterocycles. The van der Waals surface area contributed by atoms with Gasteiger partial charge in [-0.3, -0.25) is 4.79 Å². The van der Waals surface area contributed by atoms with Crippen LogP contribution < -0.4 is 14.5 Å². The van der Waals surface area contributed by atoms with E-state index in [0.717, 1.165) is 35.8 Å². The Hall–Kier alpha value is -2.69. The molecule has 0 radical (unpaired) electrons. The second kappa shape index (κ2) is 6.48. The average molecular weight is 366 g/mol. The van der Waals surface area contributed by atoms with Crippen LogP contribution in [0.1, 0.15) is 26.3 Å². The van der Waals surface area contributed by atoms with Crippen LogP contribution in [0, 0.1) is 5.92 Å². The molecule has 0 bridgehead atoms. The van der Waals surface area contributed by atoms with Gasteiger partial charge in [0.1, 0.15) is 11.4 Å². The summed E-state index contributed by atoms with van der Waals surface area (Å²) in [5, 5.41) is 9.12. The first-order valence-corrected chi connectivity index (χ1v) is 9.53. The lowest BCUT2D eigenvalue weighted by atomic mass is 9.99. The van der Waals surface area contributed by atoms with Gasteiger partial charge in [-0.1, -0.05) is 19.1 Å². The lowest BCUT2D eigenvalue weighted by molar-refractivity contribution is -0.142. The first kappa shape index (κ1) is 17.7. The minimum absolute atomic E-state index is 0.260. The number of carbonyl (C=O) groups is 1. The van der Waals surface area contributed by atoms with E-state index in [-0.39, 0.29) is 11.5 Å². The normalized spacial score (nSPS) is 18.5. The summed E-state index contributed by atoms with van der Waals surface area (Å²) in [7, 11) is 0. The van der Waals surface area contributed by atoms with Crippen LogP contribution in [0.5, 0.6) is 5.75 Å². The van der Waals surface area contributed by atoms with Gasteiger partial charge in [0, 0.05) is 24.5 Å². The molecule has 2 heterocycles. The van der Waals surface area contributed by atoms with Crippen molar-refractivity contribution < 1.29 is 14.6 Å². The monoisotopic (exact) mass is 366 g/mol. The van der Waals surface area contributed by atoms with Crippen molar-refractivity contribution >= 4 is 23.0 Å². The van der Waals surface area contributed by atoms with Crippen molar-refractivity contribution in [3.8, 4) is 5.75 Å². The topological polar surface area (TPSA) is 53.0 Å². The summed E-state index contributed by atoms with van der Waals surface area (Å²) in [5.74, 6) is -0.0481. The maximum Gasteiger partial charge on any atom is 0.310 e. The van der Waals surface area contributed by atoms with Crippen LogP contribution in [0.25, 0.3) is 0 Å². The van der Waals surface area contributed by atoms with Crippen LogP contribution in [0.4, 0.5) is 17.1 Å². The molecule has 0 saturated carbocycles. The Bertz CT molecular complexity index is 872. The van der Waals surface area contributed by atoms with Gasteiger partial charge in [0.15, 0.2) is 0 Å². The Morgan fingerprint density at radius 2 is 1.93 bits per heavy atom. The second-order valence-electron chi connectivity index (χ2n) is 8.06. The van der Waals surface area contributed by atoms with E-state index in [2.05, 4.69) is 60.9 Å². The minimum Gasteiger partial charge on any atom is -0.484 e. The van der Waals surface area contributed by atoms with Crippen LogP contribution in [0.2, 0.25) is 0 Å². The molecule has 5 heteroatoms. The van der Waals surface area contributed by atoms with E-state index in [1.54, 1.807) is 0 Å². The van der Waals surface area contributed by atoms with E-state index < -0.39 is 5.97 Å². The zero-order valence-electron chi connectivity index (χ0n) is 16.1. The maximum absolute atomic E-state index is 11.1. The molecule has 2 aromatic rings. The first-order chi connectivity index (χ1) is 12.9. The molecule has 0 unspecified atom stereocenters. The fourth-order valence-corrected chi connectivity index (χ4v) is 3.81. The molecule has 0 atom stereocenters. The summed E-state index contributed by atoms with van der Waals surface area (Å²) in [6.45, 7) is 8.27. The molecular formula is C22H26N2O3. The minimum atomic E-state index is -0.710. The van der Waals surface area contributed by atoms with Gasteiger partial charge in [0.25, 0.3) is 0 Å². The number of aliphatic carboxylic acids is 1. The molecular weight excluding hydrogens is 340 g/mol. The Balaban J connectivity index is 1.65. The molecule has 2 aliphatic heterocycles. The molecule has 0 spiro atoms. The number of benzene rings is 2. The Morgan fingerprint density at radius 3 is 2.63 bits per heavy atom. The summed E-state index contributed by atoms with van der Waals surface area (Å²) < 4.78 is 6.25. The smallest absolute Gasteiger partial charge is 0.310 e. The third kappa shape index (κ3) is 3.34. The van der Waals surface area contributed by atoms with E-state index in [9.17, 15) is 4.79 Å². The van der Waals surface area contributed by atoms with Crippen molar-refractivity contribution in [3.63, 3.8) is 0 Å². The number of anilines is 3. The van der Waals surface area contributed by atoms with Gasteiger partial charge in [-0.15, -0.1) is 0 Å². The van der Waals surface area contributed by atoms with E-state index >= 15 is 0 Å². The van der Waals surface area contributed by atoms with Crippen molar-refractivity contribution in [2.45, 2.75) is 32.8 Å². The molecule has 5 nitrogen and oxygen atoms in total. The Morgan fingerprint density at radius 1 is 1.19 bits per heavy atom. The second-order valence-corrected chi connectivity index (χ2v) is 8.06.